The van der Waals surface area contributed by atoms with Gasteiger partial charge in [-0.2, -0.15) is 0 Å². The number of fused-ring (bicyclic) bond motifs is 1. The number of aromatic nitrogens is 1. The summed E-state index contributed by atoms with van der Waals surface area (Å²) in [5.41, 5.74) is 2.96. The van der Waals surface area contributed by atoms with E-state index in [4.69, 9.17) is 0 Å². The van der Waals surface area contributed by atoms with Gasteiger partial charge >= 0.3 is 5.97 Å². The number of aromatic amines is 1. The number of H-pyrrole nitrogens is 1. The third-order valence-corrected chi connectivity index (χ3v) is 3.70. The molecule has 0 aliphatic heterocycles. The Morgan fingerprint density at radius 3 is 2.83 bits per heavy atom. The minimum absolute atomic E-state index is 0.502. The van der Waals surface area contributed by atoms with Crippen molar-refractivity contribution in [1.82, 2.24) is 4.98 Å². The van der Waals surface area contributed by atoms with E-state index in [0.717, 1.165) is 39.5 Å². The van der Waals surface area contributed by atoms with Gasteiger partial charge in [0.05, 0.1) is 5.92 Å². The Kier molecular flexibility index (Phi) is 3.76. The molecule has 1 atom stereocenters. The summed E-state index contributed by atoms with van der Waals surface area (Å²) < 4.78 is 0.994. The first-order chi connectivity index (χ1) is 8.54. The number of carbonyl (C=O) groups is 1. The van der Waals surface area contributed by atoms with Gasteiger partial charge in [0.15, 0.2) is 0 Å². The largest absolute Gasteiger partial charge is 0.481 e. The van der Waals surface area contributed by atoms with Crippen LogP contribution in [-0.4, -0.2) is 16.1 Å². The van der Waals surface area contributed by atoms with E-state index in [1.54, 1.807) is 6.92 Å². The van der Waals surface area contributed by atoms with Crippen molar-refractivity contribution >= 4 is 32.8 Å². The Morgan fingerprint density at radius 1 is 1.50 bits per heavy atom. The fourth-order valence-electron chi connectivity index (χ4n) is 2.26. The molecule has 0 spiro atoms. The average Bonchev–Trinajstić information content (AvgIpc) is 2.66. The maximum Gasteiger partial charge on any atom is 0.312 e. The highest BCUT2D eigenvalue weighted by Crippen LogP contribution is 2.30. The van der Waals surface area contributed by atoms with Crippen LogP contribution in [0.5, 0.6) is 0 Å². The summed E-state index contributed by atoms with van der Waals surface area (Å²) in [5.74, 6) is -1.30. The van der Waals surface area contributed by atoms with Crippen LogP contribution in [0.25, 0.3) is 10.9 Å². The molecule has 2 rings (SSSR count). The molecule has 1 aromatic heterocycles. The van der Waals surface area contributed by atoms with Crippen LogP contribution in [0.2, 0.25) is 0 Å². The van der Waals surface area contributed by atoms with Crippen molar-refractivity contribution in [2.45, 2.75) is 32.6 Å². The van der Waals surface area contributed by atoms with Crippen LogP contribution in [0.3, 0.4) is 0 Å². The Balaban J connectivity index is 2.64. The first-order valence-corrected chi connectivity index (χ1v) is 6.86. The van der Waals surface area contributed by atoms with Crippen molar-refractivity contribution in [1.29, 1.82) is 0 Å². The number of hydrogen-bond donors (Lipinski definition) is 2. The van der Waals surface area contributed by atoms with Crippen LogP contribution in [0.1, 0.15) is 37.4 Å². The van der Waals surface area contributed by atoms with Gasteiger partial charge in [0.25, 0.3) is 0 Å². The highest BCUT2D eigenvalue weighted by atomic mass is 79.9. The molecule has 0 aliphatic carbocycles. The Bertz CT molecular complexity index is 589. The van der Waals surface area contributed by atoms with Gasteiger partial charge in [-0.1, -0.05) is 35.3 Å². The lowest BCUT2D eigenvalue weighted by Crippen LogP contribution is -2.09. The topological polar surface area (TPSA) is 53.1 Å². The normalized spacial score (nSPS) is 12.8. The zero-order valence-corrected chi connectivity index (χ0v) is 12.0. The van der Waals surface area contributed by atoms with E-state index >= 15 is 0 Å². The molecule has 18 heavy (non-hydrogen) atoms. The van der Waals surface area contributed by atoms with Crippen molar-refractivity contribution < 1.29 is 9.90 Å². The number of carboxylic acids is 1. The number of aliphatic carboxylic acids is 1. The van der Waals surface area contributed by atoms with Crippen LogP contribution in [0, 0.1) is 0 Å². The second-order valence-electron chi connectivity index (χ2n) is 4.52. The molecule has 0 aliphatic rings. The van der Waals surface area contributed by atoms with Crippen LogP contribution in [-0.2, 0) is 11.2 Å². The quantitative estimate of drug-likeness (QED) is 0.894. The number of hydrogen-bond acceptors (Lipinski definition) is 1. The Labute approximate surface area is 114 Å². The minimum atomic E-state index is -0.794. The van der Waals surface area contributed by atoms with E-state index in [2.05, 4.69) is 27.8 Å². The summed E-state index contributed by atoms with van der Waals surface area (Å²) in [6.07, 6.45) is 1.90. The van der Waals surface area contributed by atoms with E-state index < -0.39 is 11.9 Å². The molecule has 0 fully saturated rings. The van der Waals surface area contributed by atoms with Gasteiger partial charge in [-0.05, 0) is 31.0 Å². The van der Waals surface area contributed by atoms with Crippen molar-refractivity contribution in [3.63, 3.8) is 0 Å². The van der Waals surface area contributed by atoms with E-state index in [1.807, 2.05) is 18.2 Å². The third kappa shape index (κ3) is 2.29. The predicted octanol–water partition coefficient (Wildman–Crippen LogP) is 4.07. The van der Waals surface area contributed by atoms with Gasteiger partial charge in [0.1, 0.15) is 0 Å². The van der Waals surface area contributed by atoms with Crippen LogP contribution >= 0.6 is 15.9 Å². The molecular weight excluding hydrogens is 294 g/mol. The standard InChI is InChI=1S/C14H16BrNO2/c1-3-4-11-10-6-5-9(15)7-12(10)16-13(11)8(2)14(17)18/h5-8,16H,3-4H2,1-2H3,(H,17,18). The molecule has 0 saturated heterocycles. The lowest BCUT2D eigenvalue weighted by atomic mass is 9.99. The molecule has 1 aromatic carbocycles. The molecule has 0 bridgehead atoms. The summed E-state index contributed by atoms with van der Waals surface area (Å²) >= 11 is 3.43. The lowest BCUT2D eigenvalue weighted by molar-refractivity contribution is -0.138. The number of benzene rings is 1. The van der Waals surface area contributed by atoms with Gasteiger partial charge in [0.2, 0.25) is 0 Å². The molecule has 0 radical (unpaired) electrons. The van der Waals surface area contributed by atoms with Gasteiger partial charge < -0.3 is 10.1 Å². The number of carboxylic acid groups (broad SMARTS) is 1. The molecule has 96 valence electrons. The lowest BCUT2D eigenvalue weighted by Gasteiger charge is -2.07. The van der Waals surface area contributed by atoms with Crippen LogP contribution in [0.4, 0.5) is 0 Å². The Morgan fingerprint density at radius 2 is 2.22 bits per heavy atom. The second kappa shape index (κ2) is 5.14. The van der Waals surface area contributed by atoms with Crippen LogP contribution in [0.15, 0.2) is 22.7 Å². The minimum Gasteiger partial charge on any atom is -0.481 e. The monoisotopic (exact) mass is 309 g/mol. The Hall–Kier alpha value is -1.29. The zero-order chi connectivity index (χ0) is 13.3. The van der Waals surface area contributed by atoms with Crippen molar-refractivity contribution in [3.05, 3.63) is 33.9 Å². The first-order valence-electron chi connectivity index (χ1n) is 6.07. The maximum absolute atomic E-state index is 11.2. The zero-order valence-electron chi connectivity index (χ0n) is 10.5. The maximum atomic E-state index is 11.2. The summed E-state index contributed by atoms with van der Waals surface area (Å²) in [6.45, 7) is 3.83. The van der Waals surface area contributed by atoms with Crippen LogP contribution < -0.4 is 0 Å². The molecule has 4 heteroatoms. The van der Waals surface area contributed by atoms with E-state index in [9.17, 15) is 9.90 Å². The molecule has 2 aromatic rings. The summed E-state index contributed by atoms with van der Waals surface area (Å²) in [6, 6.07) is 6.02. The second-order valence-corrected chi connectivity index (χ2v) is 5.43. The first kappa shape index (κ1) is 13.1. The smallest absolute Gasteiger partial charge is 0.312 e. The highest BCUT2D eigenvalue weighted by Gasteiger charge is 2.21. The fourth-order valence-corrected chi connectivity index (χ4v) is 2.62. The van der Waals surface area contributed by atoms with E-state index in [1.165, 1.54) is 0 Å². The number of rotatable bonds is 4. The number of halogens is 1. The molecule has 3 nitrogen and oxygen atoms in total. The van der Waals surface area contributed by atoms with Crippen molar-refractivity contribution in [2.24, 2.45) is 0 Å². The molecule has 1 unspecified atom stereocenters. The summed E-state index contributed by atoms with van der Waals surface area (Å²) in [4.78, 5) is 14.4. The number of aryl methyl sites for hydroxylation is 1. The van der Waals surface area contributed by atoms with E-state index in [0.29, 0.717) is 0 Å². The third-order valence-electron chi connectivity index (χ3n) is 3.20. The molecular formula is C14H16BrNO2. The summed E-state index contributed by atoms with van der Waals surface area (Å²) in [7, 11) is 0. The SMILES string of the molecule is CCCc1c(C(C)C(=O)O)[nH]c2cc(Br)ccc12. The van der Waals surface area contributed by atoms with Gasteiger partial charge in [-0.25, -0.2) is 0 Å². The predicted molar refractivity (Wildman–Crippen MR) is 76.0 cm³/mol. The molecule has 0 amide bonds. The fraction of sp³-hybridized carbons (Fsp3) is 0.357. The van der Waals surface area contributed by atoms with E-state index in [-0.39, 0.29) is 0 Å². The highest BCUT2D eigenvalue weighted by molar-refractivity contribution is 9.10. The van der Waals surface area contributed by atoms with Gasteiger partial charge in [-0.3, -0.25) is 4.79 Å². The van der Waals surface area contributed by atoms with Gasteiger partial charge in [-0.15, -0.1) is 0 Å². The van der Waals surface area contributed by atoms with Gasteiger partial charge in [0, 0.05) is 21.1 Å². The van der Waals surface area contributed by atoms with Crippen molar-refractivity contribution in [3.8, 4) is 0 Å². The summed E-state index contributed by atoms with van der Waals surface area (Å²) in [5, 5.41) is 10.3. The van der Waals surface area contributed by atoms with Crippen molar-refractivity contribution in [2.75, 3.05) is 0 Å². The molecule has 2 N–H and O–H groups in total. The average molecular weight is 310 g/mol. The molecule has 0 saturated carbocycles. The molecule has 1 heterocycles. The number of nitrogens with one attached hydrogen (secondary N) is 1.